The zero-order valence-corrected chi connectivity index (χ0v) is 12.4. The van der Waals surface area contributed by atoms with E-state index in [1.54, 1.807) is 25.1 Å². The topological polar surface area (TPSA) is 75.6 Å². The van der Waals surface area contributed by atoms with Gasteiger partial charge in [0.25, 0.3) is 5.91 Å². The number of carbonyl (C=O) groups excluding carboxylic acids is 2. The molecule has 2 aromatic carbocycles. The van der Waals surface area contributed by atoms with Crippen LogP contribution >= 0.6 is 0 Å². The fraction of sp³-hybridized carbons (Fsp3) is 0.176. The third-order valence-corrected chi connectivity index (χ3v) is 3.09. The molecule has 0 saturated carbocycles. The van der Waals surface area contributed by atoms with E-state index in [-0.39, 0.29) is 11.3 Å². The summed E-state index contributed by atoms with van der Waals surface area (Å²) in [7, 11) is 0. The van der Waals surface area contributed by atoms with Crippen molar-refractivity contribution >= 4 is 17.6 Å². The molecule has 0 fully saturated rings. The summed E-state index contributed by atoms with van der Waals surface area (Å²) in [4.78, 5) is 23.6. The number of phenols is 1. The van der Waals surface area contributed by atoms with E-state index in [0.29, 0.717) is 11.3 Å². The van der Waals surface area contributed by atoms with Crippen molar-refractivity contribution < 1.29 is 19.4 Å². The number of para-hydroxylation sites is 1. The lowest BCUT2D eigenvalue weighted by molar-refractivity contribution is -0.119. The Morgan fingerprint density at radius 1 is 1.14 bits per heavy atom. The van der Waals surface area contributed by atoms with E-state index in [2.05, 4.69) is 5.32 Å². The Morgan fingerprint density at radius 2 is 1.86 bits per heavy atom. The summed E-state index contributed by atoms with van der Waals surface area (Å²) in [5, 5.41) is 12.4. The van der Waals surface area contributed by atoms with Crippen molar-refractivity contribution in [2.24, 2.45) is 0 Å². The number of carbonyl (C=O) groups is 2. The van der Waals surface area contributed by atoms with Crippen LogP contribution in [-0.2, 0) is 9.53 Å². The van der Waals surface area contributed by atoms with Crippen molar-refractivity contribution in [3.63, 3.8) is 0 Å². The maximum Gasteiger partial charge on any atom is 0.342 e. The molecule has 0 aromatic heterocycles. The van der Waals surface area contributed by atoms with Gasteiger partial charge in [0.2, 0.25) is 0 Å². The molecule has 0 radical (unpaired) electrons. The number of aryl methyl sites for hydroxylation is 2. The van der Waals surface area contributed by atoms with Gasteiger partial charge in [0.05, 0.1) is 0 Å². The summed E-state index contributed by atoms with van der Waals surface area (Å²) in [5.41, 5.74) is 2.26. The van der Waals surface area contributed by atoms with Gasteiger partial charge in [-0.25, -0.2) is 4.79 Å². The lowest BCUT2D eigenvalue weighted by Gasteiger charge is -2.09. The smallest absolute Gasteiger partial charge is 0.342 e. The van der Waals surface area contributed by atoms with Gasteiger partial charge >= 0.3 is 5.97 Å². The number of ether oxygens (including phenoxy) is 1. The monoisotopic (exact) mass is 299 g/mol. The van der Waals surface area contributed by atoms with Gasteiger partial charge in [0.1, 0.15) is 11.3 Å². The fourth-order valence-electron chi connectivity index (χ4n) is 1.95. The molecule has 2 rings (SSSR count). The zero-order chi connectivity index (χ0) is 16.1. The quantitative estimate of drug-likeness (QED) is 0.851. The standard InChI is InChI=1S/C17H17NO4/c1-11-5-3-7-13(9-11)18-15(19)10-22-17(21)14-8-4-6-12(2)16(14)20/h3-9,20H,10H2,1-2H3,(H,18,19). The number of amides is 1. The highest BCUT2D eigenvalue weighted by Crippen LogP contribution is 2.22. The number of phenolic OH excluding ortho intramolecular Hbond substituents is 1. The largest absolute Gasteiger partial charge is 0.507 e. The van der Waals surface area contributed by atoms with E-state index in [9.17, 15) is 14.7 Å². The highest BCUT2D eigenvalue weighted by Gasteiger charge is 2.15. The zero-order valence-electron chi connectivity index (χ0n) is 12.4. The van der Waals surface area contributed by atoms with E-state index in [0.717, 1.165) is 5.56 Å². The minimum atomic E-state index is -0.736. The Balaban J connectivity index is 1.93. The molecule has 0 heterocycles. The highest BCUT2D eigenvalue weighted by atomic mass is 16.5. The van der Waals surface area contributed by atoms with E-state index in [1.165, 1.54) is 6.07 Å². The molecule has 2 aromatic rings. The Labute approximate surface area is 128 Å². The van der Waals surface area contributed by atoms with Gasteiger partial charge in [-0.1, -0.05) is 24.3 Å². The molecule has 0 spiro atoms. The van der Waals surface area contributed by atoms with Crippen LogP contribution in [-0.4, -0.2) is 23.6 Å². The van der Waals surface area contributed by atoms with Crippen LogP contribution in [0.5, 0.6) is 5.75 Å². The predicted octanol–water partition coefficient (Wildman–Crippen LogP) is 2.80. The van der Waals surface area contributed by atoms with Crippen molar-refractivity contribution in [3.05, 3.63) is 59.2 Å². The van der Waals surface area contributed by atoms with Gasteiger partial charge in [-0.2, -0.15) is 0 Å². The number of anilines is 1. The maximum atomic E-state index is 11.9. The van der Waals surface area contributed by atoms with Crippen LogP contribution in [0.3, 0.4) is 0 Å². The first-order valence-electron chi connectivity index (χ1n) is 6.79. The molecule has 0 atom stereocenters. The molecule has 0 bridgehead atoms. The molecular weight excluding hydrogens is 282 g/mol. The number of nitrogens with one attached hydrogen (secondary N) is 1. The third kappa shape index (κ3) is 3.85. The predicted molar refractivity (Wildman–Crippen MR) is 82.9 cm³/mol. The summed E-state index contributed by atoms with van der Waals surface area (Å²) in [6.07, 6.45) is 0. The third-order valence-electron chi connectivity index (χ3n) is 3.09. The van der Waals surface area contributed by atoms with Gasteiger partial charge in [-0.15, -0.1) is 0 Å². The minimum absolute atomic E-state index is 0.0448. The van der Waals surface area contributed by atoms with Crippen molar-refractivity contribution in [2.45, 2.75) is 13.8 Å². The number of aromatic hydroxyl groups is 1. The first-order chi connectivity index (χ1) is 10.5. The fourth-order valence-corrected chi connectivity index (χ4v) is 1.95. The summed E-state index contributed by atoms with van der Waals surface area (Å²) in [5.74, 6) is -1.31. The Kier molecular flexibility index (Phi) is 4.78. The summed E-state index contributed by atoms with van der Waals surface area (Å²) in [6.45, 7) is 3.17. The van der Waals surface area contributed by atoms with Crippen molar-refractivity contribution in [1.29, 1.82) is 0 Å². The average molecular weight is 299 g/mol. The first kappa shape index (κ1) is 15.6. The van der Waals surface area contributed by atoms with Gasteiger partial charge < -0.3 is 15.2 Å². The Bertz CT molecular complexity index is 710. The molecule has 114 valence electrons. The molecule has 5 nitrogen and oxygen atoms in total. The number of esters is 1. The molecule has 5 heteroatoms. The molecule has 22 heavy (non-hydrogen) atoms. The molecule has 0 saturated heterocycles. The van der Waals surface area contributed by atoms with Crippen molar-refractivity contribution in [1.82, 2.24) is 0 Å². The van der Waals surface area contributed by atoms with Crippen molar-refractivity contribution in [3.8, 4) is 5.75 Å². The SMILES string of the molecule is Cc1cccc(NC(=O)COC(=O)c2cccc(C)c2O)c1. The van der Waals surface area contributed by atoms with Crippen molar-refractivity contribution in [2.75, 3.05) is 11.9 Å². The van der Waals surface area contributed by atoms with Gasteiger partial charge in [-0.3, -0.25) is 4.79 Å². The summed E-state index contributed by atoms with van der Waals surface area (Å²) < 4.78 is 4.92. The summed E-state index contributed by atoms with van der Waals surface area (Å²) in [6, 6.07) is 12.1. The molecule has 0 unspecified atom stereocenters. The molecule has 0 aliphatic carbocycles. The van der Waals surface area contributed by atoms with Crippen LogP contribution < -0.4 is 5.32 Å². The number of benzene rings is 2. The van der Waals surface area contributed by atoms with E-state index in [4.69, 9.17) is 4.74 Å². The second-order valence-electron chi connectivity index (χ2n) is 4.96. The van der Waals surface area contributed by atoms with Crippen LogP contribution in [0, 0.1) is 13.8 Å². The lowest BCUT2D eigenvalue weighted by Crippen LogP contribution is -2.21. The summed E-state index contributed by atoms with van der Waals surface area (Å²) >= 11 is 0. The maximum absolute atomic E-state index is 11.9. The molecular formula is C17H17NO4. The molecule has 1 amide bonds. The molecule has 2 N–H and O–H groups in total. The van der Waals surface area contributed by atoms with Crippen LogP contribution in [0.4, 0.5) is 5.69 Å². The first-order valence-corrected chi connectivity index (χ1v) is 6.79. The van der Waals surface area contributed by atoms with Gasteiger partial charge in [0, 0.05) is 5.69 Å². The number of hydrogen-bond acceptors (Lipinski definition) is 4. The van der Waals surface area contributed by atoms with Crippen LogP contribution in [0.1, 0.15) is 21.5 Å². The highest BCUT2D eigenvalue weighted by molar-refractivity contribution is 5.96. The van der Waals surface area contributed by atoms with E-state index >= 15 is 0 Å². The normalized spacial score (nSPS) is 10.1. The second-order valence-corrected chi connectivity index (χ2v) is 4.96. The number of hydrogen-bond donors (Lipinski definition) is 2. The second kappa shape index (κ2) is 6.76. The Morgan fingerprint density at radius 3 is 2.59 bits per heavy atom. The van der Waals surface area contributed by atoms with Crippen LogP contribution in [0.15, 0.2) is 42.5 Å². The van der Waals surface area contributed by atoms with Gasteiger partial charge in [-0.05, 0) is 43.2 Å². The molecule has 0 aliphatic rings. The number of rotatable bonds is 4. The van der Waals surface area contributed by atoms with Crippen LogP contribution in [0.25, 0.3) is 0 Å². The van der Waals surface area contributed by atoms with Crippen LogP contribution in [0.2, 0.25) is 0 Å². The lowest BCUT2D eigenvalue weighted by atomic mass is 10.1. The Hall–Kier alpha value is -2.82. The molecule has 0 aliphatic heterocycles. The minimum Gasteiger partial charge on any atom is -0.507 e. The van der Waals surface area contributed by atoms with Gasteiger partial charge in [0.15, 0.2) is 6.61 Å². The van der Waals surface area contributed by atoms with E-state index < -0.39 is 18.5 Å². The average Bonchev–Trinajstić information content (AvgIpc) is 2.47. The van der Waals surface area contributed by atoms with E-state index in [1.807, 2.05) is 25.1 Å².